The second kappa shape index (κ2) is 7.56. The summed E-state index contributed by atoms with van der Waals surface area (Å²) in [5, 5.41) is 0. The highest BCUT2D eigenvalue weighted by atomic mass is 32.2. The zero-order chi connectivity index (χ0) is 19.5. The van der Waals surface area contributed by atoms with Gasteiger partial charge in [0.1, 0.15) is 0 Å². The third kappa shape index (κ3) is 4.69. The van der Waals surface area contributed by atoms with Crippen LogP contribution in [0.4, 0.5) is 0 Å². The Kier molecular flexibility index (Phi) is 5.84. The summed E-state index contributed by atoms with van der Waals surface area (Å²) >= 11 is 0. The van der Waals surface area contributed by atoms with Crippen LogP contribution in [-0.4, -0.2) is 36.2 Å². The minimum absolute atomic E-state index is 0.00441. The van der Waals surface area contributed by atoms with Gasteiger partial charge in [0.25, 0.3) is 0 Å². The van der Waals surface area contributed by atoms with E-state index in [1.54, 1.807) is 19.1 Å². The maximum Gasteiger partial charge on any atom is 0.337 e. The van der Waals surface area contributed by atoms with E-state index >= 15 is 0 Å². The van der Waals surface area contributed by atoms with Crippen molar-refractivity contribution < 1.29 is 26.4 Å². The molecule has 7 nitrogen and oxygen atoms in total. The van der Waals surface area contributed by atoms with E-state index in [2.05, 4.69) is 9.46 Å². The molecule has 26 heavy (non-hydrogen) atoms. The van der Waals surface area contributed by atoms with Gasteiger partial charge in [-0.2, -0.15) is 0 Å². The first-order valence-electron chi connectivity index (χ1n) is 7.55. The molecule has 0 aliphatic carbocycles. The Labute approximate surface area is 153 Å². The lowest BCUT2D eigenvalue weighted by molar-refractivity contribution is 0.0600. The molecule has 0 saturated heterocycles. The van der Waals surface area contributed by atoms with E-state index in [1.807, 2.05) is 0 Å². The summed E-state index contributed by atoms with van der Waals surface area (Å²) in [4.78, 5) is 11.6. The summed E-state index contributed by atoms with van der Waals surface area (Å²) in [7, 11) is -5.89. The number of nitrogens with one attached hydrogen (secondary N) is 1. The number of ether oxygens (including phenoxy) is 1. The lowest BCUT2D eigenvalue weighted by Gasteiger charge is -2.15. The minimum atomic E-state index is -3.82. The predicted molar refractivity (Wildman–Crippen MR) is 96.1 cm³/mol. The third-order valence-corrected chi connectivity index (χ3v) is 6.41. The predicted octanol–water partition coefficient (Wildman–Crippen LogP) is 1.92. The molecule has 0 heterocycles. The summed E-state index contributed by atoms with van der Waals surface area (Å²) in [6, 6.07) is 10.8. The quantitative estimate of drug-likeness (QED) is 0.747. The lowest BCUT2D eigenvalue weighted by Crippen LogP contribution is -2.27. The fourth-order valence-corrected chi connectivity index (χ4v) is 4.12. The van der Waals surface area contributed by atoms with Crippen molar-refractivity contribution in [3.05, 3.63) is 59.7 Å². The molecule has 0 saturated carbocycles. The number of esters is 1. The number of rotatable bonds is 6. The van der Waals surface area contributed by atoms with E-state index in [4.69, 9.17) is 0 Å². The molecule has 0 fully saturated rings. The highest BCUT2D eigenvalue weighted by Gasteiger charge is 2.19. The van der Waals surface area contributed by atoms with Gasteiger partial charge in [-0.3, -0.25) is 0 Å². The van der Waals surface area contributed by atoms with Crippen molar-refractivity contribution in [3.63, 3.8) is 0 Å². The number of hydrogen-bond donors (Lipinski definition) is 1. The van der Waals surface area contributed by atoms with Gasteiger partial charge in [0.15, 0.2) is 9.84 Å². The minimum Gasteiger partial charge on any atom is -0.465 e. The third-order valence-electron chi connectivity index (χ3n) is 3.73. The van der Waals surface area contributed by atoms with Crippen molar-refractivity contribution in [1.29, 1.82) is 0 Å². The Hall–Kier alpha value is -2.23. The van der Waals surface area contributed by atoms with Crippen LogP contribution in [0.5, 0.6) is 0 Å². The Balaban J connectivity index is 2.19. The summed E-state index contributed by atoms with van der Waals surface area (Å²) < 4.78 is 55.0. The molecule has 0 radical (unpaired) electrons. The number of benzene rings is 2. The second-order valence-corrected chi connectivity index (χ2v) is 9.43. The number of sulfonamides is 1. The molecule has 1 unspecified atom stereocenters. The van der Waals surface area contributed by atoms with Crippen LogP contribution < -0.4 is 4.72 Å². The van der Waals surface area contributed by atoms with E-state index in [9.17, 15) is 21.6 Å². The van der Waals surface area contributed by atoms with Crippen molar-refractivity contribution >= 4 is 25.8 Å². The molecule has 1 atom stereocenters. The number of hydrogen-bond acceptors (Lipinski definition) is 6. The van der Waals surface area contributed by atoms with Crippen LogP contribution in [0.3, 0.4) is 0 Å². The normalized spacial score (nSPS) is 13.2. The molecule has 0 spiro atoms. The van der Waals surface area contributed by atoms with Crippen molar-refractivity contribution in [2.75, 3.05) is 13.4 Å². The van der Waals surface area contributed by atoms with Crippen LogP contribution in [0, 0.1) is 0 Å². The summed E-state index contributed by atoms with van der Waals surface area (Å²) in [5.41, 5.74) is 0.864. The molecule has 140 valence electrons. The van der Waals surface area contributed by atoms with E-state index in [-0.39, 0.29) is 15.4 Å². The van der Waals surface area contributed by atoms with Crippen molar-refractivity contribution in [3.8, 4) is 0 Å². The lowest BCUT2D eigenvalue weighted by atomic mass is 10.1. The smallest absolute Gasteiger partial charge is 0.337 e. The van der Waals surface area contributed by atoms with E-state index in [0.717, 1.165) is 6.26 Å². The second-order valence-electron chi connectivity index (χ2n) is 5.70. The maximum absolute atomic E-state index is 12.5. The summed E-state index contributed by atoms with van der Waals surface area (Å²) in [6.07, 6.45) is 1.10. The Morgan fingerprint density at radius 2 is 1.42 bits per heavy atom. The number of methoxy groups -OCH3 is 1. The van der Waals surface area contributed by atoms with Crippen molar-refractivity contribution in [2.45, 2.75) is 22.8 Å². The highest BCUT2D eigenvalue weighted by Crippen LogP contribution is 2.19. The maximum atomic E-state index is 12.5. The first-order chi connectivity index (χ1) is 12.0. The molecule has 0 amide bonds. The first-order valence-corrected chi connectivity index (χ1v) is 10.9. The number of carbonyl (C=O) groups excluding carboxylic acids is 1. The van der Waals surface area contributed by atoms with E-state index in [1.165, 1.54) is 43.5 Å². The van der Waals surface area contributed by atoms with E-state index in [0.29, 0.717) is 5.56 Å². The van der Waals surface area contributed by atoms with Crippen LogP contribution in [0.25, 0.3) is 0 Å². The fourth-order valence-electron chi connectivity index (χ4n) is 2.26. The topological polar surface area (TPSA) is 107 Å². The van der Waals surface area contributed by atoms with Gasteiger partial charge in [-0.1, -0.05) is 12.1 Å². The Bertz CT molecular complexity index is 994. The summed E-state index contributed by atoms with van der Waals surface area (Å²) in [6.45, 7) is 1.65. The van der Waals surface area contributed by atoms with Gasteiger partial charge in [-0.25, -0.2) is 26.4 Å². The molecule has 0 aliphatic heterocycles. The number of sulfone groups is 1. The van der Waals surface area contributed by atoms with E-state index < -0.39 is 31.9 Å². The molecular weight excluding hydrogens is 378 g/mol. The van der Waals surface area contributed by atoms with Crippen LogP contribution in [0.1, 0.15) is 28.9 Å². The largest absolute Gasteiger partial charge is 0.465 e. The fraction of sp³-hybridized carbons (Fsp3) is 0.235. The van der Waals surface area contributed by atoms with Crippen molar-refractivity contribution in [2.24, 2.45) is 0 Å². The first kappa shape index (κ1) is 20.1. The van der Waals surface area contributed by atoms with Gasteiger partial charge in [-0.05, 0) is 48.9 Å². The molecule has 0 bridgehead atoms. The average molecular weight is 397 g/mol. The molecule has 9 heteroatoms. The SMILES string of the molecule is COC(=O)c1ccc(S(=O)(=O)NC(C)c2ccc(S(C)(=O)=O)cc2)cc1. The molecular formula is C17H19NO6S2. The van der Waals surface area contributed by atoms with Gasteiger partial charge in [0.2, 0.25) is 10.0 Å². The van der Waals surface area contributed by atoms with Gasteiger partial charge in [0, 0.05) is 12.3 Å². The highest BCUT2D eigenvalue weighted by molar-refractivity contribution is 7.90. The van der Waals surface area contributed by atoms with Crippen molar-refractivity contribution in [1.82, 2.24) is 4.72 Å². The van der Waals surface area contributed by atoms with Gasteiger partial charge in [0.05, 0.1) is 22.5 Å². The summed E-state index contributed by atoms with van der Waals surface area (Å²) in [5.74, 6) is -0.554. The zero-order valence-corrected chi connectivity index (χ0v) is 16.1. The molecule has 1 N–H and O–H groups in total. The zero-order valence-electron chi connectivity index (χ0n) is 14.5. The number of carbonyl (C=O) groups is 1. The van der Waals surface area contributed by atoms with Gasteiger partial charge >= 0.3 is 5.97 Å². The van der Waals surface area contributed by atoms with Gasteiger partial charge in [-0.15, -0.1) is 0 Å². The molecule has 2 aromatic carbocycles. The molecule has 0 aliphatic rings. The Morgan fingerprint density at radius 3 is 1.88 bits per heavy atom. The van der Waals surface area contributed by atoms with Crippen LogP contribution in [-0.2, 0) is 24.6 Å². The molecule has 2 aromatic rings. The van der Waals surface area contributed by atoms with Gasteiger partial charge < -0.3 is 4.74 Å². The monoisotopic (exact) mass is 397 g/mol. The molecule has 2 rings (SSSR count). The standard InChI is InChI=1S/C17H19NO6S2/c1-12(13-4-8-15(9-5-13)25(3,20)21)18-26(22,23)16-10-6-14(7-11-16)17(19)24-2/h4-12,18H,1-3H3. The van der Waals surface area contributed by atoms with Crippen LogP contribution in [0.2, 0.25) is 0 Å². The molecule has 0 aromatic heterocycles. The Morgan fingerprint density at radius 1 is 0.923 bits per heavy atom. The average Bonchev–Trinajstić information content (AvgIpc) is 2.60. The van der Waals surface area contributed by atoms with Crippen LogP contribution in [0.15, 0.2) is 58.3 Å². The van der Waals surface area contributed by atoms with Crippen LogP contribution >= 0.6 is 0 Å².